The average Bonchev–Trinajstić information content (AvgIpc) is 2.71. The first kappa shape index (κ1) is 18.8. The van der Waals surface area contributed by atoms with Gasteiger partial charge in [-0.15, -0.1) is 10.2 Å². The molecule has 0 radical (unpaired) electrons. The number of halogens is 1. The summed E-state index contributed by atoms with van der Waals surface area (Å²) in [5.74, 6) is 0. The molecule has 0 saturated carbocycles. The first-order valence-electron chi connectivity index (χ1n) is 8.35. The minimum absolute atomic E-state index is 0.188. The van der Waals surface area contributed by atoms with E-state index in [-0.39, 0.29) is 6.04 Å². The van der Waals surface area contributed by atoms with E-state index in [0.717, 1.165) is 16.7 Å². The van der Waals surface area contributed by atoms with Gasteiger partial charge in [-0.05, 0) is 35.7 Å². The molecule has 1 heterocycles. The molecule has 0 aliphatic rings. The van der Waals surface area contributed by atoms with Crippen molar-refractivity contribution in [2.75, 3.05) is 12.4 Å². The molecule has 6 nitrogen and oxygen atoms in total. The molecule has 1 amide bonds. The second-order valence-electron chi connectivity index (χ2n) is 5.96. The zero-order valence-electron chi connectivity index (χ0n) is 14.7. The highest BCUT2D eigenvalue weighted by molar-refractivity contribution is 6.30. The fourth-order valence-electron chi connectivity index (χ4n) is 2.65. The molecule has 0 aliphatic carbocycles. The topological polar surface area (TPSA) is 90.1 Å². The summed E-state index contributed by atoms with van der Waals surface area (Å²) in [5.41, 5.74) is 10.3. The smallest absolute Gasteiger partial charge is 0.411 e. The summed E-state index contributed by atoms with van der Waals surface area (Å²) in [6, 6.07) is 18.7. The Morgan fingerprint density at radius 1 is 1.15 bits per heavy atom. The van der Waals surface area contributed by atoms with E-state index in [1.54, 1.807) is 12.1 Å². The number of amides is 1. The van der Waals surface area contributed by atoms with Crippen LogP contribution in [0.5, 0.6) is 0 Å². The molecule has 1 unspecified atom stereocenters. The lowest BCUT2D eigenvalue weighted by Crippen LogP contribution is -2.14. The predicted molar refractivity (Wildman–Crippen MR) is 106 cm³/mol. The minimum Gasteiger partial charge on any atom is -0.453 e. The van der Waals surface area contributed by atoms with Crippen LogP contribution in [0.2, 0.25) is 5.15 Å². The van der Waals surface area contributed by atoms with Gasteiger partial charge >= 0.3 is 6.09 Å². The summed E-state index contributed by atoms with van der Waals surface area (Å²) >= 11 is 6.22. The Kier molecular flexibility index (Phi) is 6.01. The molecule has 1 atom stereocenters. The van der Waals surface area contributed by atoms with Gasteiger partial charge in [0.25, 0.3) is 0 Å². The van der Waals surface area contributed by atoms with Gasteiger partial charge < -0.3 is 10.5 Å². The molecule has 2 aromatic carbocycles. The fourth-order valence-corrected chi connectivity index (χ4v) is 2.82. The van der Waals surface area contributed by atoms with Gasteiger partial charge in [0.2, 0.25) is 0 Å². The Morgan fingerprint density at radius 2 is 1.85 bits per heavy atom. The molecule has 3 N–H and O–H groups in total. The van der Waals surface area contributed by atoms with Gasteiger partial charge in [0, 0.05) is 17.3 Å². The zero-order valence-corrected chi connectivity index (χ0v) is 15.5. The molecular formula is C20H19ClN4O2. The van der Waals surface area contributed by atoms with Crippen molar-refractivity contribution in [2.24, 2.45) is 5.73 Å². The summed E-state index contributed by atoms with van der Waals surface area (Å²) in [4.78, 5) is 11.3. The molecule has 27 heavy (non-hydrogen) atoms. The van der Waals surface area contributed by atoms with Crippen molar-refractivity contribution in [3.8, 4) is 11.3 Å². The van der Waals surface area contributed by atoms with E-state index in [0.29, 0.717) is 23.0 Å². The van der Waals surface area contributed by atoms with Crippen LogP contribution in [0.1, 0.15) is 17.2 Å². The molecule has 0 fully saturated rings. The maximum atomic E-state index is 11.3. The summed E-state index contributed by atoms with van der Waals surface area (Å²) in [6.45, 7) is 0. The number of aromatic nitrogens is 2. The number of nitrogens with two attached hydrogens (primary N) is 1. The van der Waals surface area contributed by atoms with Gasteiger partial charge in [-0.2, -0.15) is 0 Å². The third-order valence-corrected chi connectivity index (χ3v) is 4.42. The number of hydrogen-bond donors (Lipinski definition) is 2. The van der Waals surface area contributed by atoms with Crippen LogP contribution in [0.25, 0.3) is 11.3 Å². The second-order valence-corrected chi connectivity index (χ2v) is 6.32. The largest absolute Gasteiger partial charge is 0.453 e. The van der Waals surface area contributed by atoms with E-state index in [1.165, 1.54) is 7.11 Å². The molecular weight excluding hydrogens is 364 g/mol. The molecule has 0 aliphatic heterocycles. The first-order chi connectivity index (χ1) is 13.1. The molecule has 0 bridgehead atoms. The third kappa shape index (κ3) is 4.81. The predicted octanol–water partition coefficient (Wildman–Crippen LogP) is 4.22. The van der Waals surface area contributed by atoms with Crippen LogP contribution in [-0.2, 0) is 11.2 Å². The zero-order chi connectivity index (χ0) is 19.2. The third-order valence-electron chi connectivity index (χ3n) is 4.10. The number of carbonyl (C=O) groups is 1. The molecule has 0 saturated heterocycles. The van der Waals surface area contributed by atoms with Crippen LogP contribution in [0.3, 0.4) is 0 Å². The number of carbonyl (C=O) groups excluding carboxylic acids is 1. The highest BCUT2D eigenvalue weighted by Crippen LogP contribution is 2.25. The van der Waals surface area contributed by atoms with Crippen molar-refractivity contribution in [1.82, 2.24) is 10.2 Å². The Morgan fingerprint density at radius 3 is 2.52 bits per heavy atom. The van der Waals surface area contributed by atoms with Gasteiger partial charge in [-0.3, -0.25) is 5.32 Å². The van der Waals surface area contributed by atoms with Crippen LogP contribution in [0, 0.1) is 0 Å². The highest BCUT2D eigenvalue weighted by atomic mass is 35.5. The Hall–Kier alpha value is -2.96. The number of nitrogens with one attached hydrogen (secondary N) is 1. The summed E-state index contributed by atoms with van der Waals surface area (Å²) in [5, 5.41) is 11.2. The standard InChI is InChI=1S/C20H19ClN4O2/c1-27-20(26)23-16-9-7-14(8-10-16)18-12-15(19(21)25-24-18)11-17(22)13-5-3-2-4-6-13/h2-10,12,17H,11,22H2,1H3,(H,23,26). The second kappa shape index (κ2) is 8.62. The quantitative estimate of drug-likeness (QED) is 0.689. The van der Waals surface area contributed by atoms with Crippen molar-refractivity contribution >= 4 is 23.4 Å². The van der Waals surface area contributed by atoms with Gasteiger partial charge in [-0.25, -0.2) is 4.79 Å². The highest BCUT2D eigenvalue weighted by Gasteiger charge is 2.13. The number of hydrogen-bond acceptors (Lipinski definition) is 5. The van der Waals surface area contributed by atoms with Crippen molar-refractivity contribution in [2.45, 2.75) is 12.5 Å². The number of rotatable bonds is 5. The van der Waals surface area contributed by atoms with E-state index >= 15 is 0 Å². The lowest BCUT2D eigenvalue weighted by Gasteiger charge is -2.13. The Bertz CT molecular complexity index is 917. The van der Waals surface area contributed by atoms with E-state index in [4.69, 9.17) is 17.3 Å². The molecule has 3 aromatic rings. The molecule has 1 aromatic heterocycles. The normalized spacial score (nSPS) is 11.7. The summed E-state index contributed by atoms with van der Waals surface area (Å²) in [6.07, 6.45) is 0.0269. The molecule has 138 valence electrons. The van der Waals surface area contributed by atoms with Crippen molar-refractivity contribution in [1.29, 1.82) is 0 Å². The van der Waals surface area contributed by atoms with Crippen LogP contribution in [0.15, 0.2) is 60.7 Å². The maximum Gasteiger partial charge on any atom is 0.411 e. The summed E-state index contributed by atoms with van der Waals surface area (Å²) in [7, 11) is 1.31. The van der Waals surface area contributed by atoms with E-state index in [9.17, 15) is 4.79 Å². The van der Waals surface area contributed by atoms with Crippen molar-refractivity contribution in [3.63, 3.8) is 0 Å². The Balaban J connectivity index is 1.79. The van der Waals surface area contributed by atoms with Gasteiger partial charge in [0.1, 0.15) is 0 Å². The van der Waals surface area contributed by atoms with Gasteiger partial charge in [-0.1, -0.05) is 54.1 Å². The fraction of sp³-hybridized carbons (Fsp3) is 0.150. The summed E-state index contributed by atoms with van der Waals surface area (Å²) < 4.78 is 4.57. The SMILES string of the molecule is COC(=O)Nc1ccc(-c2cc(CC(N)c3ccccc3)c(Cl)nn2)cc1. The number of benzene rings is 2. The number of ether oxygens (including phenoxy) is 1. The lowest BCUT2D eigenvalue weighted by atomic mass is 10.00. The van der Waals surface area contributed by atoms with Crippen molar-refractivity contribution in [3.05, 3.63) is 76.9 Å². The minimum atomic E-state index is -0.522. The van der Waals surface area contributed by atoms with Crippen molar-refractivity contribution < 1.29 is 9.53 Å². The average molecular weight is 383 g/mol. The molecule has 0 spiro atoms. The van der Waals surface area contributed by atoms with Crippen LogP contribution in [-0.4, -0.2) is 23.4 Å². The van der Waals surface area contributed by atoms with E-state index in [1.807, 2.05) is 48.5 Å². The van der Waals surface area contributed by atoms with Crippen LogP contribution in [0.4, 0.5) is 10.5 Å². The van der Waals surface area contributed by atoms with Gasteiger partial charge in [0.05, 0.1) is 12.8 Å². The monoisotopic (exact) mass is 382 g/mol. The lowest BCUT2D eigenvalue weighted by molar-refractivity contribution is 0.187. The van der Waals surface area contributed by atoms with E-state index < -0.39 is 6.09 Å². The number of nitrogens with zero attached hydrogens (tertiary/aromatic N) is 2. The molecule has 3 rings (SSSR count). The van der Waals surface area contributed by atoms with Gasteiger partial charge in [0.15, 0.2) is 5.15 Å². The number of anilines is 1. The first-order valence-corrected chi connectivity index (χ1v) is 8.72. The number of methoxy groups -OCH3 is 1. The van der Waals surface area contributed by atoms with E-state index in [2.05, 4.69) is 20.3 Å². The maximum absolute atomic E-state index is 11.3. The van der Waals surface area contributed by atoms with Crippen LogP contribution >= 0.6 is 11.6 Å². The van der Waals surface area contributed by atoms with Crippen LogP contribution < -0.4 is 11.1 Å². The Labute approximate surface area is 162 Å². The molecule has 7 heteroatoms.